The summed E-state index contributed by atoms with van der Waals surface area (Å²) in [6.07, 6.45) is 3.22. The average molecular weight is 486 g/mol. The van der Waals surface area contributed by atoms with Crippen LogP contribution < -0.4 is 19.5 Å². The molecule has 3 aromatic carbocycles. The summed E-state index contributed by atoms with van der Waals surface area (Å²) in [4.78, 5) is 12.5. The van der Waals surface area contributed by atoms with Crippen LogP contribution in [0.15, 0.2) is 89.2 Å². The Labute approximate surface area is 209 Å². The van der Waals surface area contributed by atoms with Gasteiger partial charge in [0.2, 0.25) is 11.6 Å². The van der Waals surface area contributed by atoms with Crippen LogP contribution in [0.3, 0.4) is 0 Å². The molecule has 3 aromatic rings. The molecular formula is C28H27N3O5. The maximum Gasteiger partial charge on any atom is 0.261 e. The first-order valence-corrected chi connectivity index (χ1v) is 11.3. The molecule has 1 aliphatic heterocycles. The number of nitrogens with one attached hydrogen (secondary N) is 1. The van der Waals surface area contributed by atoms with Crippen LogP contribution in [0.5, 0.6) is 17.2 Å². The van der Waals surface area contributed by atoms with Crippen molar-refractivity contribution in [1.82, 2.24) is 5.32 Å². The summed E-state index contributed by atoms with van der Waals surface area (Å²) in [6.45, 7) is -0.215. The number of benzene rings is 3. The van der Waals surface area contributed by atoms with Gasteiger partial charge in [-0.25, -0.2) is 0 Å². The largest absolute Gasteiger partial charge is 0.493 e. The highest BCUT2D eigenvalue weighted by atomic mass is 16.5. The zero-order valence-corrected chi connectivity index (χ0v) is 20.3. The van der Waals surface area contributed by atoms with Crippen molar-refractivity contribution in [3.05, 3.63) is 95.7 Å². The Kier molecular flexibility index (Phi) is 7.97. The van der Waals surface area contributed by atoms with Crippen LogP contribution in [0.1, 0.15) is 22.6 Å². The van der Waals surface area contributed by atoms with E-state index in [1.165, 1.54) is 20.4 Å². The van der Waals surface area contributed by atoms with Crippen LogP contribution in [0.25, 0.3) is 6.08 Å². The summed E-state index contributed by atoms with van der Waals surface area (Å²) in [5.74, 6) is 1.25. The van der Waals surface area contributed by atoms with Gasteiger partial charge in [0.1, 0.15) is 5.92 Å². The van der Waals surface area contributed by atoms with Gasteiger partial charge >= 0.3 is 0 Å². The maximum atomic E-state index is 12.5. The molecular weight excluding hydrogens is 458 g/mol. The van der Waals surface area contributed by atoms with Gasteiger partial charge in [-0.1, -0.05) is 60.7 Å². The lowest BCUT2D eigenvalue weighted by molar-refractivity contribution is -0.122. The predicted molar refractivity (Wildman–Crippen MR) is 139 cm³/mol. The minimum atomic E-state index is -0.339. The number of amides is 1. The van der Waals surface area contributed by atoms with E-state index in [9.17, 15) is 4.79 Å². The van der Waals surface area contributed by atoms with Crippen molar-refractivity contribution in [2.75, 3.05) is 27.9 Å². The van der Waals surface area contributed by atoms with Crippen LogP contribution in [0.2, 0.25) is 0 Å². The zero-order chi connectivity index (χ0) is 25.3. The number of ether oxygens (including phenoxy) is 4. The third kappa shape index (κ3) is 5.38. The van der Waals surface area contributed by atoms with E-state index in [1.54, 1.807) is 25.3 Å². The van der Waals surface area contributed by atoms with Crippen molar-refractivity contribution < 1.29 is 23.7 Å². The predicted octanol–water partition coefficient (Wildman–Crippen LogP) is 4.42. The summed E-state index contributed by atoms with van der Waals surface area (Å²) < 4.78 is 22.0. The summed E-state index contributed by atoms with van der Waals surface area (Å²) in [5, 5.41) is 11.3. The van der Waals surface area contributed by atoms with Crippen LogP contribution in [0, 0.1) is 0 Å². The van der Waals surface area contributed by atoms with Crippen molar-refractivity contribution in [3.63, 3.8) is 0 Å². The number of carbonyl (C=O) groups excluding carboxylic acids is 1. The Morgan fingerprint density at radius 2 is 1.56 bits per heavy atom. The molecule has 0 saturated carbocycles. The van der Waals surface area contributed by atoms with Crippen LogP contribution in [0.4, 0.5) is 0 Å². The van der Waals surface area contributed by atoms with E-state index in [0.29, 0.717) is 28.7 Å². The molecule has 0 spiro atoms. The van der Waals surface area contributed by atoms with E-state index in [0.717, 1.165) is 16.8 Å². The highest BCUT2D eigenvalue weighted by molar-refractivity contribution is 6.19. The standard InChI is InChI=1S/C28H27N3O5/c1-33-22-15-14-21(26(34-2)27(22)35-3)16-17-29-23(32)18-36-28-24(19-10-6-4-7-11-19)25(30-31-28)20-12-8-5-9-13-20/h4-17,24H,18H2,1-3H3,(H,29,32)/b17-16+. The van der Waals surface area contributed by atoms with Crippen LogP contribution in [-0.2, 0) is 9.53 Å². The minimum absolute atomic E-state index is 0.215. The number of carbonyl (C=O) groups is 1. The number of rotatable bonds is 9. The highest BCUT2D eigenvalue weighted by Gasteiger charge is 2.31. The third-order valence-corrected chi connectivity index (χ3v) is 5.57. The molecule has 1 amide bonds. The molecule has 0 aromatic heterocycles. The Bertz CT molecular complexity index is 1290. The molecule has 1 N–H and O–H groups in total. The van der Waals surface area contributed by atoms with E-state index in [4.69, 9.17) is 18.9 Å². The molecule has 1 aliphatic rings. The molecule has 4 rings (SSSR count). The van der Waals surface area contributed by atoms with E-state index >= 15 is 0 Å². The molecule has 0 saturated heterocycles. The summed E-state index contributed by atoms with van der Waals surface area (Å²) in [6, 6.07) is 23.2. The topological polar surface area (TPSA) is 90.7 Å². The van der Waals surface area contributed by atoms with Crippen molar-refractivity contribution >= 4 is 23.6 Å². The normalized spacial score (nSPS) is 14.7. The first-order valence-electron chi connectivity index (χ1n) is 11.3. The van der Waals surface area contributed by atoms with E-state index in [-0.39, 0.29) is 18.4 Å². The summed E-state index contributed by atoms with van der Waals surface area (Å²) in [5.41, 5.74) is 3.42. The Morgan fingerprint density at radius 3 is 2.22 bits per heavy atom. The van der Waals surface area contributed by atoms with Gasteiger partial charge in [0.25, 0.3) is 5.91 Å². The van der Waals surface area contributed by atoms with Crippen LogP contribution in [-0.4, -0.2) is 45.5 Å². The van der Waals surface area contributed by atoms with Crippen molar-refractivity contribution in [1.29, 1.82) is 0 Å². The van der Waals surface area contributed by atoms with Crippen LogP contribution >= 0.6 is 0 Å². The van der Waals surface area contributed by atoms with E-state index < -0.39 is 0 Å². The molecule has 8 heteroatoms. The van der Waals surface area contributed by atoms with Gasteiger partial charge in [-0.2, -0.15) is 5.10 Å². The number of hydrogen-bond donors (Lipinski definition) is 1. The fourth-order valence-corrected chi connectivity index (χ4v) is 3.89. The van der Waals surface area contributed by atoms with Gasteiger partial charge in [0.15, 0.2) is 18.1 Å². The van der Waals surface area contributed by atoms with Crippen molar-refractivity contribution in [2.45, 2.75) is 5.92 Å². The Hall–Kier alpha value is -4.59. The monoisotopic (exact) mass is 485 g/mol. The van der Waals surface area contributed by atoms with Gasteiger partial charge in [0.05, 0.1) is 27.0 Å². The molecule has 36 heavy (non-hydrogen) atoms. The number of hydrogen-bond acceptors (Lipinski definition) is 7. The van der Waals surface area contributed by atoms with E-state index in [1.807, 2.05) is 60.7 Å². The molecule has 184 valence electrons. The molecule has 0 radical (unpaired) electrons. The second-order valence-corrected chi connectivity index (χ2v) is 7.75. The van der Waals surface area contributed by atoms with Gasteiger partial charge in [-0.3, -0.25) is 4.79 Å². The summed E-state index contributed by atoms with van der Waals surface area (Å²) >= 11 is 0. The minimum Gasteiger partial charge on any atom is -0.493 e. The lowest BCUT2D eigenvalue weighted by atomic mass is 9.90. The van der Waals surface area contributed by atoms with Gasteiger partial charge in [-0.05, 0) is 29.3 Å². The lowest BCUT2D eigenvalue weighted by Crippen LogP contribution is -2.28. The molecule has 1 heterocycles. The Balaban J connectivity index is 1.42. The van der Waals surface area contributed by atoms with E-state index in [2.05, 4.69) is 15.5 Å². The third-order valence-electron chi connectivity index (χ3n) is 5.57. The van der Waals surface area contributed by atoms with Gasteiger partial charge in [-0.15, -0.1) is 5.10 Å². The zero-order valence-electron chi connectivity index (χ0n) is 20.3. The Morgan fingerprint density at radius 1 is 0.861 bits per heavy atom. The quantitative estimate of drug-likeness (QED) is 0.485. The second-order valence-electron chi connectivity index (χ2n) is 7.75. The smallest absolute Gasteiger partial charge is 0.261 e. The maximum absolute atomic E-state index is 12.5. The first-order chi connectivity index (χ1) is 17.7. The molecule has 1 unspecified atom stereocenters. The molecule has 1 atom stereocenters. The van der Waals surface area contributed by atoms with Gasteiger partial charge < -0.3 is 24.3 Å². The molecule has 0 bridgehead atoms. The summed E-state index contributed by atoms with van der Waals surface area (Å²) in [7, 11) is 4.63. The lowest BCUT2D eigenvalue weighted by Gasteiger charge is -2.16. The SMILES string of the molecule is COc1ccc(/C=C/NC(=O)COC2=NN=C(c3ccccc3)C2c2ccccc2)c(OC)c1OC. The first kappa shape index (κ1) is 24.5. The number of methoxy groups -OCH3 is 3. The molecule has 0 aliphatic carbocycles. The number of nitrogens with zero attached hydrogens (tertiary/aromatic N) is 2. The van der Waals surface area contributed by atoms with Crippen molar-refractivity contribution in [2.24, 2.45) is 10.2 Å². The highest BCUT2D eigenvalue weighted by Crippen LogP contribution is 2.40. The fourth-order valence-electron chi connectivity index (χ4n) is 3.89. The second kappa shape index (κ2) is 11.7. The molecule has 8 nitrogen and oxygen atoms in total. The molecule has 0 fully saturated rings. The van der Waals surface area contributed by atoms with Crippen molar-refractivity contribution in [3.8, 4) is 17.2 Å². The van der Waals surface area contributed by atoms with Gasteiger partial charge in [0, 0.05) is 11.8 Å². The fraction of sp³-hybridized carbons (Fsp3) is 0.179. The average Bonchev–Trinajstić information content (AvgIpc) is 3.36.